The van der Waals surface area contributed by atoms with Gasteiger partial charge in [-0.15, -0.1) is 11.3 Å². The molecule has 0 unspecified atom stereocenters. The lowest BCUT2D eigenvalue weighted by atomic mass is 9.79. The zero-order valence-corrected chi connectivity index (χ0v) is 15.5. The lowest BCUT2D eigenvalue weighted by Crippen LogP contribution is -2.51. The van der Waals surface area contributed by atoms with E-state index in [1.54, 1.807) is 7.11 Å². The van der Waals surface area contributed by atoms with Crippen molar-refractivity contribution in [3.63, 3.8) is 0 Å². The summed E-state index contributed by atoms with van der Waals surface area (Å²) in [6.07, 6.45) is -1.85. The number of hydrogen-bond acceptors (Lipinski definition) is 5. The van der Waals surface area contributed by atoms with Crippen LogP contribution in [0.1, 0.15) is 42.3 Å². The highest BCUT2D eigenvalue weighted by molar-refractivity contribution is 7.09. The Kier molecular flexibility index (Phi) is 5.88. The molecule has 26 heavy (non-hydrogen) atoms. The van der Waals surface area contributed by atoms with Crippen LogP contribution in [-0.2, 0) is 20.4 Å². The maximum Gasteiger partial charge on any atom is 0.434 e. The van der Waals surface area contributed by atoms with Crippen LogP contribution in [0.25, 0.3) is 0 Å². The largest absolute Gasteiger partial charge is 0.434 e. The lowest BCUT2D eigenvalue weighted by molar-refractivity contribution is -0.153. The van der Waals surface area contributed by atoms with Crippen LogP contribution in [0.15, 0.2) is 5.38 Å². The van der Waals surface area contributed by atoms with E-state index in [1.807, 2.05) is 4.90 Å². The first-order valence-corrected chi connectivity index (χ1v) is 9.62. The van der Waals surface area contributed by atoms with Crippen LogP contribution in [0.3, 0.4) is 0 Å². The molecule has 3 heterocycles. The van der Waals surface area contributed by atoms with E-state index in [2.05, 4.69) is 4.98 Å². The number of carbonyl (C=O) groups excluding carboxylic acids is 1. The number of likely N-dealkylation sites (tertiary alicyclic amines) is 1. The van der Waals surface area contributed by atoms with Gasteiger partial charge in [-0.1, -0.05) is 0 Å². The van der Waals surface area contributed by atoms with Crippen LogP contribution in [0, 0.1) is 5.41 Å². The highest BCUT2D eigenvalue weighted by atomic mass is 32.1. The second-order valence-electron chi connectivity index (χ2n) is 6.96. The maximum atomic E-state index is 13.1. The van der Waals surface area contributed by atoms with E-state index in [9.17, 15) is 18.0 Å². The highest BCUT2D eigenvalue weighted by Gasteiger charge is 2.43. The molecule has 0 aliphatic carbocycles. The van der Waals surface area contributed by atoms with Gasteiger partial charge in [0, 0.05) is 44.7 Å². The van der Waals surface area contributed by atoms with Gasteiger partial charge in [-0.2, -0.15) is 13.2 Å². The van der Waals surface area contributed by atoms with Crippen molar-refractivity contribution in [3.05, 3.63) is 16.1 Å². The molecule has 2 saturated heterocycles. The average Bonchev–Trinajstić information content (AvgIpc) is 3.13. The summed E-state index contributed by atoms with van der Waals surface area (Å²) in [5, 5.41) is 1.59. The summed E-state index contributed by atoms with van der Waals surface area (Å²) in [5.41, 5.74) is -1.36. The van der Waals surface area contributed by atoms with Crippen molar-refractivity contribution in [1.29, 1.82) is 0 Å². The Morgan fingerprint density at radius 3 is 2.58 bits per heavy atom. The molecule has 0 bridgehead atoms. The first-order valence-electron chi connectivity index (χ1n) is 8.74. The van der Waals surface area contributed by atoms with Gasteiger partial charge in [0.1, 0.15) is 0 Å². The fraction of sp³-hybridized carbons (Fsp3) is 0.765. The number of hydrogen-bond donors (Lipinski definition) is 0. The molecular formula is C17H23F3N2O3S. The normalized spacial score (nSPS) is 21.8. The molecule has 0 spiro atoms. The second-order valence-corrected chi connectivity index (χ2v) is 7.85. The Labute approximate surface area is 154 Å². The summed E-state index contributed by atoms with van der Waals surface area (Å²) in [5.74, 6) is 0.0597. The molecule has 0 atom stereocenters. The maximum absolute atomic E-state index is 13.1. The lowest BCUT2D eigenvalue weighted by Gasteiger charge is -2.41. The molecule has 2 aliphatic heterocycles. The van der Waals surface area contributed by atoms with E-state index >= 15 is 0 Å². The zero-order valence-electron chi connectivity index (χ0n) is 14.7. The minimum Gasteiger partial charge on any atom is -0.384 e. The van der Waals surface area contributed by atoms with Crippen LogP contribution in [-0.4, -0.2) is 55.8 Å². The number of carbonyl (C=O) groups is 1. The van der Waals surface area contributed by atoms with Crippen molar-refractivity contribution in [1.82, 2.24) is 9.88 Å². The van der Waals surface area contributed by atoms with Crippen LogP contribution < -0.4 is 0 Å². The Hall–Kier alpha value is -1.19. The topological polar surface area (TPSA) is 51.7 Å². The number of ether oxygens (including phenoxy) is 2. The summed E-state index contributed by atoms with van der Waals surface area (Å²) >= 11 is 1.06. The van der Waals surface area contributed by atoms with Gasteiger partial charge in [0.2, 0.25) is 5.91 Å². The third-order valence-corrected chi connectivity index (χ3v) is 6.28. The van der Waals surface area contributed by atoms with E-state index < -0.39 is 17.3 Å². The van der Waals surface area contributed by atoms with Crippen molar-refractivity contribution < 1.29 is 27.4 Å². The van der Waals surface area contributed by atoms with Gasteiger partial charge in [-0.3, -0.25) is 4.79 Å². The van der Waals surface area contributed by atoms with Crippen molar-refractivity contribution in [2.45, 2.75) is 37.8 Å². The number of aromatic nitrogens is 1. The minimum atomic E-state index is -4.40. The molecule has 1 aromatic heterocycles. The van der Waals surface area contributed by atoms with Crippen LogP contribution in [0.5, 0.6) is 0 Å². The Morgan fingerprint density at radius 2 is 2.04 bits per heavy atom. The molecule has 5 nitrogen and oxygen atoms in total. The number of piperidine rings is 1. The summed E-state index contributed by atoms with van der Waals surface area (Å²) < 4.78 is 48.9. The fourth-order valence-corrected chi connectivity index (χ4v) is 4.73. The molecule has 0 saturated carbocycles. The molecule has 2 fully saturated rings. The molecule has 2 aliphatic rings. The number of thiazole rings is 1. The van der Waals surface area contributed by atoms with Crippen molar-refractivity contribution in [3.8, 4) is 0 Å². The Balaban J connectivity index is 1.62. The van der Waals surface area contributed by atoms with Crippen LogP contribution >= 0.6 is 11.3 Å². The van der Waals surface area contributed by atoms with E-state index in [1.165, 1.54) is 0 Å². The molecule has 0 aromatic carbocycles. The van der Waals surface area contributed by atoms with Gasteiger partial charge < -0.3 is 14.4 Å². The van der Waals surface area contributed by atoms with Crippen LogP contribution in [0.2, 0.25) is 0 Å². The number of rotatable bonds is 4. The van der Waals surface area contributed by atoms with Gasteiger partial charge in [-0.25, -0.2) is 4.98 Å². The third kappa shape index (κ3) is 4.04. The van der Waals surface area contributed by atoms with Crippen molar-refractivity contribution in [2.75, 3.05) is 40.0 Å². The molecule has 3 rings (SSSR count). The molecule has 0 radical (unpaired) electrons. The second kappa shape index (κ2) is 7.82. The molecule has 9 heteroatoms. The van der Waals surface area contributed by atoms with Crippen molar-refractivity contribution in [2.24, 2.45) is 5.41 Å². The standard InChI is InChI=1S/C17H23F3N2O3S/c1-24-11-16(4-8-25-9-5-16)15(23)22-6-2-12(3-7-22)14-21-13(10-26-14)17(18,19)20/h10,12H,2-9,11H2,1H3. The monoisotopic (exact) mass is 392 g/mol. The summed E-state index contributed by atoms with van der Waals surface area (Å²) in [4.78, 5) is 18.7. The molecule has 0 N–H and O–H groups in total. The van der Waals surface area contributed by atoms with Gasteiger partial charge in [0.15, 0.2) is 5.69 Å². The predicted molar refractivity (Wildman–Crippen MR) is 90.0 cm³/mol. The van der Waals surface area contributed by atoms with E-state index in [0.29, 0.717) is 63.6 Å². The number of halogens is 3. The number of nitrogens with zero attached hydrogens (tertiary/aromatic N) is 2. The van der Waals surface area contributed by atoms with Gasteiger partial charge >= 0.3 is 6.18 Å². The molecule has 146 valence electrons. The van der Waals surface area contributed by atoms with Crippen molar-refractivity contribution >= 4 is 17.2 Å². The van der Waals surface area contributed by atoms with E-state index in [0.717, 1.165) is 16.7 Å². The summed E-state index contributed by atoms with van der Waals surface area (Å²) in [6, 6.07) is 0. The van der Waals surface area contributed by atoms with Gasteiger partial charge in [0.25, 0.3) is 0 Å². The summed E-state index contributed by atoms with van der Waals surface area (Å²) in [6.45, 7) is 2.54. The Morgan fingerprint density at radius 1 is 1.38 bits per heavy atom. The quantitative estimate of drug-likeness (QED) is 0.789. The predicted octanol–water partition coefficient (Wildman–Crippen LogP) is 3.31. The number of alkyl halides is 3. The number of amides is 1. The Bertz CT molecular complexity index is 616. The van der Waals surface area contributed by atoms with Gasteiger partial charge in [0.05, 0.1) is 17.0 Å². The first-order chi connectivity index (χ1) is 12.4. The average molecular weight is 392 g/mol. The zero-order chi connectivity index (χ0) is 18.8. The fourth-order valence-electron chi connectivity index (χ4n) is 3.73. The smallest absolute Gasteiger partial charge is 0.384 e. The van der Waals surface area contributed by atoms with Gasteiger partial charge in [-0.05, 0) is 25.7 Å². The van der Waals surface area contributed by atoms with Crippen LogP contribution in [0.4, 0.5) is 13.2 Å². The highest BCUT2D eigenvalue weighted by Crippen LogP contribution is 2.38. The summed E-state index contributed by atoms with van der Waals surface area (Å²) in [7, 11) is 1.59. The first kappa shape index (κ1) is 19.6. The third-order valence-electron chi connectivity index (χ3n) is 5.27. The van der Waals surface area contributed by atoms with E-state index in [4.69, 9.17) is 9.47 Å². The SMILES string of the molecule is COCC1(C(=O)N2CCC(c3nc(C(F)(F)F)cs3)CC2)CCOCC1. The van der Waals surface area contributed by atoms with E-state index in [-0.39, 0.29) is 11.8 Å². The minimum absolute atomic E-state index is 0.0202. The molecule has 1 amide bonds. The molecular weight excluding hydrogens is 369 g/mol. The molecule has 1 aromatic rings. The number of methoxy groups -OCH3 is 1.